The highest BCUT2D eigenvalue weighted by atomic mass is 14.5. The van der Waals surface area contributed by atoms with Gasteiger partial charge < -0.3 is 0 Å². The van der Waals surface area contributed by atoms with Crippen molar-refractivity contribution in [2.45, 2.75) is 33.1 Å². The van der Waals surface area contributed by atoms with E-state index in [0.717, 1.165) is 0 Å². The van der Waals surface area contributed by atoms with E-state index < -0.39 is 0 Å². The number of hydrogen-bond donors (Lipinski definition) is 0. The molecule has 0 aromatic heterocycles. The Morgan fingerprint density at radius 3 is 2.05 bits per heavy atom. The van der Waals surface area contributed by atoms with E-state index in [-0.39, 0.29) is 5.41 Å². The van der Waals surface area contributed by atoms with Crippen LogP contribution in [0.3, 0.4) is 0 Å². The third-order valence-corrected chi connectivity index (χ3v) is 4.37. The van der Waals surface area contributed by atoms with Crippen molar-refractivity contribution >= 4 is 5.57 Å². The maximum absolute atomic E-state index is 2.41. The van der Waals surface area contributed by atoms with E-state index in [1.807, 2.05) is 0 Å². The molecule has 0 heterocycles. The van der Waals surface area contributed by atoms with Crippen LogP contribution >= 0.6 is 0 Å². The SMILES string of the molecule is CC(C)=CC1(c2ccc(C)cc2)C(C)=C1c1ccccc1. The predicted molar refractivity (Wildman–Crippen MR) is 91.3 cm³/mol. The Bertz CT molecular complexity index is 710. The number of hydrogen-bond acceptors (Lipinski definition) is 0. The average Bonchev–Trinajstić information content (AvgIpc) is 3.05. The van der Waals surface area contributed by atoms with Crippen LogP contribution in [0.2, 0.25) is 0 Å². The third-order valence-electron chi connectivity index (χ3n) is 4.37. The molecule has 1 atom stereocenters. The topological polar surface area (TPSA) is 0 Å². The minimum absolute atomic E-state index is 0.00782. The Morgan fingerprint density at radius 1 is 0.857 bits per heavy atom. The molecule has 0 saturated carbocycles. The lowest BCUT2D eigenvalue weighted by atomic mass is 9.84. The van der Waals surface area contributed by atoms with E-state index in [0.29, 0.717) is 0 Å². The first-order chi connectivity index (χ1) is 10.1. The maximum atomic E-state index is 2.41. The molecule has 0 bridgehead atoms. The third kappa shape index (κ3) is 2.25. The fourth-order valence-electron chi connectivity index (χ4n) is 3.35. The van der Waals surface area contributed by atoms with Crippen molar-refractivity contribution in [3.8, 4) is 0 Å². The largest absolute Gasteiger partial charge is 0.0789 e. The molecule has 0 amide bonds. The van der Waals surface area contributed by atoms with Gasteiger partial charge in [-0.25, -0.2) is 0 Å². The molecule has 0 spiro atoms. The van der Waals surface area contributed by atoms with Gasteiger partial charge in [0.05, 0.1) is 5.41 Å². The van der Waals surface area contributed by atoms with Crippen LogP contribution in [0.1, 0.15) is 37.5 Å². The van der Waals surface area contributed by atoms with Crippen LogP contribution in [0.25, 0.3) is 5.57 Å². The molecule has 0 radical (unpaired) electrons. The lowest BCUT2D eigenvalue weighted by Crippen LogP contribution is -2.10. The first kappa shape index (κ1) is 13.9. The van der Waals surface area contributed by atoms with Crippen LogP contribution < -0.4 is 0 Å². The molecule has 21 heavy (non-hydrogen) atoms. The first-order valence-electron chi connectivity index (χ1n) is 7.56. The molecule has 0 aliphatic heterocycles. The monoisotopic (exact) mass is 274 g/mol. The molecule has 0 nitrogen and oxygen atoms in total. The number of aryl methyl sites for hydroxylation is 1. The number of rotatable bonds is 3. The first-order valence-corrected chi connectivity index (χ1v) is 7.56. The Labute approximate surface area is 127 Å². The molecule has 0 saturated heterocycles. The van der Waals surface area contributed by atoms with Crippen molar-refractivity contribution in [3.05, 3.63) is 88.5 Å². The van der Waals surface area contributed by atoms with Crippen molar-refractivity contribution in [1.82, 2.24) is 0 Å². The normalized spacial score (nSPS) is 20.4. The summed E-state index contributed by atoms with van der Waals surface area (Å²) in [5.41, 5.74) is 8.34. The summed E-state index contributed by atoms with van der Waals surface area (Å²) in [7, 11) is 0. The predicted octanol–water partition coefficient (Wildman–Crippen LogP) is 5.69. The van der Waals surface area contributed by atoms with Gasteiger partial charge in [0, 0.05) is 0 Å². The summed E-state index contributed by atoms with van der Waals surface area (Å²) >= 11 is 0. The molecule has 0 N–H and O–H groups in total. The lowest BCUT2D eigenvalue weighted by Gasteiger charge is -2.18. The summed E-state index contributed by atoms with van der Waals surface area (Å²) in [6.07, 6.45) is 2.41. The molecule has 2 aromatic carbocycles. The Hall–Kier alpha value is -2.08. The summed E-state index contributed by atoms with van der Waals surface area (Å²) < 4.78 is 0. The molecular formula is C21H22. The van der Waals surface area contributed by atoms with Crippen molar-refractivity contribution in [2.75, 3.05) is 0 Å². The van der Waals surface area contributed by atoms with Crippen LogP contribution in [0.4, 0.5) is 0 Å². The zero-order valence-electron chi connectivity index (χ0n) is 13.3. The van der Waals surface area contributed by atoms with Gasteiger partial charge in [0.25, 0.3) is 0 Å². The van der Waals surface area contributed by atoms with E-state index in [2.05, 4.69) is 88.4 Å². The quantitative estimate of drug-likeness (QED) is 0.631. The van der Waals surface area contributed by atoms with Gasteiger partial charge in [-0.2, -0.15) is 0 Å². The van der Waals surface area contributed by atoms with E-state index in [9.17, 15) is 0 Å². The molecule has 106 valence electrons. The van der Waals surface area contributed by atoms with Crippen molar-refractivity contribution in [2.24, 2.45) is 0 Å². The molecule has 3 rings (SSSR count). The van der Waals surface area contributed by atoms with Gasteiger partial charge >= 0.3 is 0 Å². The van der Waals surface area contributed by atoms with E-state index in [4.69, 9.17) is 0 Å². The van der Waals surface area contributed by atoms with Gasteiger partial charge in [0.1, 0.15) is 0 Å². The number of allylic oxidation sites excluding steroid dienone is 4. The van der Waals surface area contributed by atoms with Crippen molar-refractivity contribution in [1.29, 1.82) is 0 Å². The second kappa shape index (κ2) is 5.04. The summed E-state index contributed by atoms with van der Waals surface area (Å²) in [6, 6.07) is 19.7. The van der Waals surface area contributed by atoms with E-state index in [1.165, 1.54) is 33.4 Å². The minimum atomic E-state index is 0.00782. The van der Waals surface area contributed by atoms with Gasteiger partial charge in [-0.05, 0) is 50.0 Å². The Morgan fingerprint density at radius 2 is 1.48 bits per heavy atom. The van der Waals surface area contributed by atoms with Crippen molar-refractivity contribution < 1.29 is 0 Å². The molecule has 1 aliphatic rings. The zero-order valence-corrected chi connectivity index (χ0v) is 13.3. The summed E-state index contributed by atoms with van der Waals surface area (Å²) in [6.45, 7) is 8.78. The molecular weight excluding hydrogens is 252 g/mol. The van der Waals surface area contributed by atoms with Crippen molar-refractivity contribution in [3.63, 3.8) is 0 Å². The number of benzene rings is 2. The van der Waals surface area contributed by atoms with Gasteiger partial charge in [-0.3, -0.25) is 0 Å². The Balaban J connectivity index is 2.11. The zero-order chi connectivity index (χ0) is 15.0. The minimum Gasteiger partial charge on any atom is -0.0789 e. The Kier molecular flexibility index (Phi) is 3.33. The van der Waals surface area contributed by atoms with Crippen LogP contribution in [0.5, 0.6) is 0 Å². The standard InChI is InChI=1S/C21H22/c1-15(2)14-21(19-12-10-16(3)11-13-19)17(4)20(21)18-8-6-5-7-9-18/h5-14H,1-4H3. The lowest BCUT2D eigenvalue weighted by molar-refractivity contribution is 0.932. The van der Waals surface area contributed by atoms with Gasteiger partial charge in [0.15, 0.2) is 0 Å². The van der Waals surface area contributed by atoms with Gasteiger partial charge in [-0.15, -0.1) is 0 Å². The van der Waals surface area contributed by atoms with E-state index >= 15 is 0 Å². The fraction of sp³-hybridized carbons (Fsp3) is 0.238. The summed E-state index contributed by atoms with van der Waals surface area (Å²) in [4.78, 5) is 0. The second-order valence-electron chi connectivity index (χ2n) is 6.26. The van der Waals surface area contributed by atoms with Crippen LogP contribution in [0.15, 0.2) is 71.8 Å². The molecule has 1 aliphatic carbocycles. The molecule has 1 unspecified atom stereocenters. The maximum Gasteiger partial charge on any atom is 0.0604 e. The van der Waals surface area contributed by atoms with Gasteiger partial charge in [-0.1, -0.05) is 71.8 Å². The second-order valence-corrected chi connectivity index (χ2v) is 6.26. The fourth-order valence-corrected chi connectivity index (χ4v) is 3.35. The summed E-state index contributed by atoms with van der Waals surface area (Å²) in [5.74, 6) is 0. The summed E-state index contributed by atoms with van der Waals surface area (Å²) in [5, 5.41) is 0. The van der Waals surface area contributed by atoms with Crippen LogP contribution in [-0.4, -0.2) is 0 Å². The smallest absolute Gasteiger partial charge is 0.0604 e. The van der Waals surface area contributed by atoms with Gasteiger partial charge in [0.2, 0.25) is 0 Å². The molecule has 0 fully saturated rings. The van der Waals surface area contributed by atoms with Crippen LogP contribution in [0, 0.1) is 6.92 Å². The molecule has 0 heteroatoms. The average molecular weight is 274 g/mol. The highest BCUT2D eigenvalue weighted by molar-refractivity contribution is 5.98. The highest BCUT2D eigenvalue weighted by Gasteiger charge is 2.50. The highest BCUT2D eigenvalue weighted by Crippen LogP contribution is 2.60. The van der Waals surface area contributed by atoms with E-state index in [1.54, 1.807) is 0 Å². The van der Waals surface area contributed by atoms with Crippen LogP contribution in [-0.2, 0) is 5.41 Å². The molecule has 2 aromatic rings.